The number of nitrogens with zero attached hydrogens (tertiary/aromatic N) is 1. The van der Waals surface area contributed by atoms with Crippen molar-refractivity contribution in [3.05, 3.63) is 40.4 Å². The molecule has 1 aromatic rings. The van der Waals surface area contributed by atoms with Crippen molar-refractivity contribution in [2.75, 3.05) is 7.11 Å². The Balaban J connectivity index is 2.61. The summed E-state index contributed by atoms with van der Waals surface area (Å²) in [5.74, 6) is -2.08. The topological polar surface area (TPSA) is 143 Å². The molecule has 11 heteroatoms. The van der Waals surface area contributed by atoms with Crippen LogP contribution < -0.4 is 0 Å². The standard InChI is InChI=1S/C19H21ClNO8S/c1-10-5-3-7-13(22)18(25)14(23)8-4-6-11-16(19(26)29-10)15(24)9-12(17(11)20)21-30(27)28-2/h3-4,6-7,9-10,14,18,23-25H,5,8H2,1-2H3/q-1/b6-4+,7-3-/t10-,14-,18+/m0/s1. The Morgan fingerprint density at radius 1 is 1.23 bits per heavy atom. The van der Waals surface area contributed by atoms with Crippen molar-refractivity contribution < 1.29 is 38.0 Å². The molecule has 2 rings (SSSR count). The molecule has 0 amide bonds. The number of esters is 1. The number of hydrogen-bond acceptors (Lipinski definition) is 10. The highest BCUT2D eigenvalue weighted by Gasteiger charge is 2.25. The van der Waals surface area contributed by atoms with E-state index in [2.05, 4.69) is 8.55 Å². The van der Waals surface area contributed by atoms with Crippen LogP contribution in [0.3, 0.4) is 0 Å². The van der Waals surface area contributed by atoms with Gasteiger partial charge in [0, 0.05) is 25.2 Å². The van der Waals surface area contributed by atoms with Gasteiger partial charge in [0.25, 0.3) is 0 Å². The summed E-state index contributed by atoms with van der Waals surface area (Å²) in [6.07, 6.45) is 1.46. The molecule has 30 heavy (non-hydrogen) atoms. The molecule has 0 aliphatic carbocycles. The van der Waals surface area contributed by atoms with Crippen molar-refractivity contribution in [3.8, 4) is 5.75 Å². The maximum absolute atomic E-state index is 12.7. The van der Waals surface area contributed by atoms with Gasteiger partial charge in [0.15, 0.2) is 5.78 Å². The van der Waals surface area contributed by atoms with E-state index in [4.69, 9.17) is 16.3 Å². The molecule has 0 bridgehead atoms. The van der Waals surface area contributed by atoms with E-state index in [0.29, 0.717) is 0 Å². The number of cyclic esters (lactones) is 1. The van der Waals surface area contributed by atoms with Crippen molar-refractivity contribution in [1.82, 2.24) is 0 Å². The van der Waals surface area contributed by atoms with E-state index in [9.17, 15) is 29.1 Å². The van der Waals surface area contributed by atoms with Gasteiger partial charge in [-0.05, 0) is 19.4 Å². The summed E-state index contributed by atoms with van der Waals surface area (Å²) >= 11 is 6.31. The first kappa shape index (κ1) is 24.0. The lowest BCUT2D eigenvalue weighted by Crippen LogP contribution is -2.32. The van der Waals surface area contributed by atoms with E-state index in [1.54, 1.807) is 6.92 Å². The number of phenols is 1. The normalized spacial score (nSPS) is 26.4. The minimum Gasteiger partial charge on any atom is -0.507 e. The third kappa shape index (κ3) is 5.89. The number of ketones is 1. The monoisotopic (exact) mass is 458 g/mol. The van der Waals surface area contributed by atoms with Gasteiger partial charge in [-0.2, -0.15) is 0 Å². The molecule has 0 saturated heterocycles. The molecule has 3 N–H and O–H groups in total. The average molecular weight is 459 g/mol. The molecule has 0 saturated carbocycles. The number of aliphatic hydroxyl groups excluding tert-OH is 2. The second kappa shape index (κ2) is 10.7. The number of fused-ring (bicyclic) bond motifs is 1. The zero-order valence-electron chi connectivity index (χ0n) is 16.1. The number of hydrogen-bond donors (Lipinski definition) is 3. The van der Waals surface area contributed by atoms with Crippen LogP contribution in [-0.4, -0.2) is 52.5 Å². The molecule has 164 valence electrons. The summed E-state index contributed by atoms with van der Waals surface area (Å²) in [7, 11) is -0.918. The van der Waals surface area contributed by atoms with Crippen LogP contribution in [0.5, 0.6) is 5.75 Å². The lowest BCUT2D eigenvalue weighted by molar-refractivity contribution is -0.127. The first-order valence-electron chi connectivity index (χ1n) is 8.83. The molecular formula is C19H21ClNO8S-. The molecule has 9 nitrogen and oxygen atoms in total. The lowest BCUT2D eigenvalue weighted by atomic mass is 10.0. The molecule has 1 aliphatic heterocycles. The van der Waals surface area contributed by atoms with Crippen molar-refractivity contribution in [2.24, 2.45) is 4.36 Å². The zero-order valence-corrected chi connectivity index (χ0v) is 17.7. The molecule has 0 spiro atoms. The third-order valence-corrected chi connectivity index (χ3v) is 5.18. The third-order valence-electron chi connectivity index (χ3n) is 4.16. The summed E-state index contributed by atoms with van der Waals surface area (Å²) in [5.41, 5.74) is -0.350. The van der Waals surface area contributed by atoms with Crippen molar-refractivity contribution in [2.45, 2.75) is 38.1 Å². The van der Waals surface area contributed by atoms with Crippen molar-refractivity contribution in [1.29, 1.82) is 0 Å². The van der Waals surface area contributed by atoms with Gasteiger partial charge in [-0.25, -0.2) is 4.79 Å². The van der Waals surface area contributed by atoms with Gasteiger partial charge in [-0.1, -0.05) is 40.7 Å². The molecule has 0 fully saturated rings. The second-order valence-corrected chi connectivity index (χ2v) is 7.73. The van der Waals surface area contributed by atoms with Crippen LogP contribution in [0.1, 0.15) is 35.7 Å². The Bertz CT molecular complexity index is 968. The van der Waals surface area contributed by atoms with Crippen molar-refractivity contribution >= 4 is 46.0 Å². The SMILES string of the molecule is CO[S-](=O)=Nc1cc(O)c2c(c1Cl)/C=C/C[C@H](O)[C@H](O)C(=O)/C=C\C[C@H](C)OC2=O. The van der Waals surface area contributed by atoms with E-state index in [-0.39, 0.29) is 34.7 Å². The number of rotatable bonds is 2. The number of aromatic hydroxyl groups is 1. The van der Waals surface area contributed by atoms with Gasteiger partial charge >= 0.3 is 5.97 Å². The summed E-state index contributed by atoms with van der Waals surface area (Å²) in [4.78, 5) is 24.6. The van der Waals surface area contributed by atoms with Gasteiger partial charge in [0.1, 0.15) is 23.5 Å². The molecule has 0 aromatic heterocycles. The van der Waals surface area contributed by atoms with Crippen LogP contribution in [0.4, 0.5) is 5.69 Å². The Morgan fingerprint density at radius 3 is 2.57 bits per heavy atom. The van der Waals surface area contributed by atoms with Gasteiger partial charge in [0.05, 0.1) is 16.8 Å². The number of benzene rings is 1. The molecule has 3 atom stereocenters. The molecule has 0 unspecified atom stereocenters. The summed E-state index contributed by atoms with van der Waals surface area (Å²) in [6.45, 7) is 1.57. The summed E-state index contributed by atoms with van der Waals surface area (Å²) in [5, 5.41) is 30.2. The number of ether oxygens (including phenoxy) is 1. The van der Waals surface area contributed by atoms with E-state index in [1.165, 1.54) is 18.2 Å². The van der Waals surface area contributed by atoms with Gasteiger partial charge in [-0.3, -0.25) is 4.79 Å². The highest BCUT2D eigenvalue weighted by Crippen LogP contribution is 2.39. The molecule has 1 aromatic carbocycles. The fourth-order valence-electron chi connectivity index (χ4n) is 2.61. The highest BCUT2D eigenvalue weighted by atomic mass is 35.5. The Morgan fingerprint density at radius 2 is 1.90 bits per heavy atom. The first-order valence-corrected chi connectivity index (χ1v) is 10.2. The average Bonchev–Trinajstić information content (AvgIpc) is 2.69. The number of aliphatic hydroxyl groups is 2. The fraction of sp³-hybridized carbons (Fsp3) is 0.368. The maximum Gasteiger partial charge on any atom is 0.342 e. The first-order chi connectivity index (χ1) is 14.1. The molecular weight excluding hydrogens is 438 g/mol. The minimum atomic E-state index is -2.08. The minimum absolute atomic E-state index is 0.00124. The van der Waals surface area contributed by atoms with E-state index < -0.39 is 46.7 Å². The van der Waals surface area contributed by atoms with Crippen LogP contribution >= 0.6 is 11.6 Å². The number of phenolic OH excluding ortho intramolecular Hbond substituents is 1. The van der Waals surface area contributed by atoms with Crippen molar-refractivity contribution in [3.63, 3.8) is 0 Å². The second-order valence-electron chi connectivity index (χ2n) is 6.40. The Labute approximate surface area is 180 Å². The number of carbonyl (C=O) groups excluding carboxylic acids is 2. The van der Waals surface area contributed by atoms with E-state index in [0.717, 1.165) is 19.3 Å². The molecule has 1 aliphatic rings. The van der Waals surface area contributed by atoms with Crippen LogP contribution in [0.2, 0.25) is 5.02 Å². The predicted octanol–water partition coefficient (Wildman–Crippen LogP) is 2.59. The largest absolute Gasteiger partial charge is 0.507 e. The fourth-order valence-corrected chi connectivity index (χ4v) is 3.30. The van der Waals surface area contributed by atoms with Crippen LogP contribution in [0, 0.1) is 0 Å². The highest BCUT2D eigenvalue weighted by molar-refractivity contribution is 7.69. The number of halogens is 1. The maximum atomic E-state index is 12.7. The van der Waals surface area contributed by atoms with Gasteiger partial charge in [-0.15, -0.1) is 0 Å². The number of carbonyl (C=O) groups is 2. The Kier molecular flexibility index (Phi) is 8.56. The summed E-state index contributed by atoms with van der Waals surface area (Å²) < 4.78 is 25.1. The zero-order chi connectivity index (χ0) is 22.4. The smallest absolute Gasteiger partial charge is 0.342 e. The van der Waals surface area contributed by atoms with Crippen LogP contribution in [0.25, 0.3) is 6.08 Å². The van der Waals surface area contributed by atoms with E-state index in [1.807, 2.05) is 0 Å². The van der Waals surface area contributed by atoms with Gasteiger partial charge in [0.2, 0.25) is 0 Å². The summed E-state index contributed by atoms with van der Waals surface area (Å²) in [6, 6.07) is 1.05. The quantitative estimate of drug-likeness (QED) is 0.453. The lowest BCUT2D eigenvalue weighted by Gasteiger charge is -2.17. The van der Waals surface area contributed by atoms with Crippen LogP contribution in [0.15, 0.2) is 28.7 Å². The molecule has 0 radical (unpaired) electrons. The Hall–Kier alpha value is -2.24. The van der Waals surface area contributed by atoms with Crippen LogP contribution in [-0.2, 0) is 28.8 Å². The van der Waals surface area contributed by atoms with Gasteiger partial charge < -0.3 is 32.8 Å². The van der Waals surface area contributed by atoms with E-state index >= 15 is 0 Å². The molecule has 1 heterocycles. The predicted molar refractivity (Wildman–Crippen MR) is 110 cm³/mol.